The molecule has 0 radical (unpaired) electrons. The summed E-state index contributed by atoms with van der Waals surface area (Å²) in [4.78, 5) is 33.7. The molecule has 0 aliphatic heterocycles. The molecule has 1 aromatic carbocycles. The molecule has 0 aliphatic rings. The third-order valence-corrected chi connectivity index (χ3v) is 3.19. The first kappa shape index (κ1) is 21.8. The SMILES string of the molecule is COC(=O)c1cc(NC(=O)CCCCCCN)cc([N+](=O)[O-])c1.Cl. The van der Waals surface area contributed by atoms with E-state index in [1.807, 2.05) is 0 Å². The molecule has 3 N–H and O–H groups in total. The van der Waals surface area contributed by atoms with Crippen molar-refractivity contribution in [3.63, 3.8) is 0 Å². The van der Waals surface area contributed by atoms with Gasteiger partial charge in [-0.3, -0.25) is 14.9 Å². The summed E-state index contributed by atoms with van der Waals surface area (Å²) in [5.41, 5.74) is 5.32. The number of non-ortho nitro benzene ring substituents is 1. The highest BCUT2D eigenvalue weighted by atomic mass is 35.5. The van der Waals surface area contributed by atoms with Crippen molar-refractivity contribution in [2.24, 2.45) is 5.73 Å². The number of esters is 1. The average Bonchev–Trinajstić information content (AvgIpc) is 2.53. The molecule has 1 rings (SSSR count). The third kappa shape index (κ3) is 7.38. The normalized spacial score (nSPS) is 9.75. The molecule has 134 valence electrons. The van der Waals surface area contributed by atoms with E-state index < -0.39 is 10.9 Å². The number of nitro groups is 1. The van der Waals surface area contributed by atoms with Gasteiger partial charge in [-0.2, -0.15) is 0 Å². The van der Waals surface area contributed by atoms with Gasteiger partial charge in [0.15, 0.2) is 0 Å². The summed E-state index contributed by atoms with van der Waals surface area (Å²) < 4.78 is 4.55. The molecule has 0 heterocycles. The molecule has 8 nitrogen and oxygen atoms in total. The van der Waals surface area contributed by atoms with Crippen molar-refractivity contribution in [2.75, 3.05) is 19.0 Å². The van der Waals surface area contributed by atoms with Crippen molar-refractivity contribution >= 4 is 35.7 Å². The second-order valence-electron chi connectivity index (χ2n) is 5.02. The fourth-order valence-corrected chi connectivity index (χ4v) is 2.03. The van der Waals surface area contributed by atoms with Crippen LogP contribution >= 0.6 is 12.4 Å². The zero-order valence-corrected chi connectivity index (χ0v) is 14.3. The predicted molar refractivity (Wildman–Crippen MR) is 92.5 cm³/mol. The second kappa shape index (κ2) is 11.4. The monoisotopic (exact) mass is 359 g/mol. The molecule has 0 aromatic heterocycles. The number of ether oxygens (including phenoxy) is 1. The molecule has 0 saturated heterocycles. The Hall–Kier alpha value is -2.19. The summed E-state index contributed by atoms with van der Waals surface area (Å²) in [5, 5.41) is 13.5. The predicted octanol–water partition coefficient (Wildman–Crippen LogP) is 2.65. The Balaban J connectivity index is 0.00000529. The molecule has 0 unspecified atom stereocenters. The number of unbranched alkanes of at least 4 members (excludes halogenated alkanes) is 3. The van der Waals surface area contributed by atoms with Gasteiger partial charge in [-0.15, -0.1) is 12.4 Å². The largest absolute Gasteiger partial charge is 0.465 e. The van der Waals surface area contributed by atoms with E-state index in [2.05, 4.69) is 10.1 Å². The van der Waals surface area contributed by atoms with Gasteiger partial charge >= 0.3 is 5.97 Å². The van der Waals surface area contributed by atoms with Crippen molar-refractivity contribution in [1.82, 2.24) is 0 Å². The minimum absolute atomic E-state index is 0. The Labute approximate surface area is 146 Å². The summed E-state index contributed by atoms with van der Waals surface area (Å²) in [5.74, 6) is -0.958. The first-order chi connectivity index (χ1) is 11.0. The van der Waals surface area contributed by atoms with Crippen molar-refractivity contribution in [2.45, 2.75) is 32.1 Å². The van der Waals surface area contributed by atoms with Crippen LogP contribution in [0.1, 0.15) is 42.5 Å². The van der Waals surface area contributed by atoms with Gasteiger partial charge in [0, 0.05) is 24.2 Å². The van der Waals surface area contributed by atoms with E-state index in [4.69, 9.17) is 5.73 Å². The zero-order valence-electron chi connectivity index (χ0n) is 13.4. The Morgan fingerprint density at radius 1 is 1.21 bits per heavy atom. The van der Waals surface area contributed by atoms with Gasteiger partial charge in [0.2, 0.25) is 5.91 Å². The van der Waals surface area contributed by atoms with Crippen LogP contribution in [0.5, 0.6) is 0 Å². The van der Waals surface area contributed by atoms with E-state index in [9.17, 15) is 19.7 Å². The lowest BCUT2D eigenvalue weighted by Crippen LogP contribution is -2.12. The molecule has 1 aromatic rings. The molecule has 0 aliphatic carbocycles. The van der Waals surface area contributed by atoms with E-state index in [0.29, 0.717) is 19.4 Å². The number of hydrogen-bond acceptors (Lipinski definition) is 6. The Bertz CT molecular complexity index is 580. The number of carbonyl (C=O) groups excluding carboxylic acids is 2. The quantitative estimate of drug-likeness (QED) is 0.302. The smallest absolute Gasteiger partial charge is 0.338 e. The lowest BCUT2D eigenvalue weighted by Gasteiger charge is -2.07. The average molecular weight is 360 g/mol. The van der Waals surface area contributed by atoms with Gasteiger partial charge in [0.25, 0.3) is 5.69 Å². The van der Waals surface area contributed by atoms with Crippen LogP contribution < -0.4 is 11.1 Å². The lowest BCUT2D eigenvalue weighted by molar-refractivity contribution is -0.384. The minimum Gasteiger partial charge on any atom is -0.465 e. The topological polar surface area (TPSA) is 125 Å². The van der Waals surface area contributed by atoms with Gasteiger partial charge in [-0.25, -0.2) is 4.79 Å². The first-order valence-corrected chi connectivity index (χ1v) is 7.35. The van der Waals surface area contributed by atoms with Gasteiger partial charge < -0.3 is 15.8 Å². The van der Waals surface area contributed by atoms with Crippen LogP contribution in [0, 0.1) is 10.1 Å². The zero-order chi connectivity index (χ0) is 17.2. The van der Waals surface area contributed by atoms with Gasteiger partial charge in [0.05, 0.1) is 17.6 Å². The number of nitrogens with zero attached hydrogens (tertiary/aromatic N) is 1. The molecule has 1 amide bonds. The van der Waals surface area contributed by atoms with Gasteiger partial charge in [-0.05, 0) is 25.5 Å². The number of benzene rings is 1. The van der Waals surface area contributed by atoms with Crippen LogP contribution in [-0.4, -0.2) is 30.5 Å². The number of halogens is 1. The first-order valence-electron chi connectivity index (χ1n) is 7.35. The van der Waals surface area contributed by atoms with Crippen LogP contribution in [0.2, 0.25) is 0 Å². The second-order valence-corrected chi connectivity index (χ2v) is 5.02. The van der Waals surface area contributed by atoms with Crippen LogP contribution in [0.4, 0.5) is 11.4 Å². The fraction of sp³-hybridized carbons (Fsp3) is 0.467. The molecular weight excluding hydrogens is 338 g/mol. The van der Waals surface area contributed by atoms with Crippen LogP contribution in [0.25, 0.3) is 0 Å². The molecular formula is C15H22ClN3O5. The van der Waals surface area contributed by atoms with Crippen LogP contribution in [-0.2, 0) is 9.53 Å². The molecule has 9 heteroatoms. The van der Waals surface area contributed by atoms with Gasteiger partial charge in [-0.1, -0.05) is 12.8 Å². The third-order valence-electron chi connectivity index (χ3n) is 3.19. The van der Waals surface area contributed by atoms with Crippen molar-refractivity contribution in [3.8, 4) is 0 Å². The molecule has 0 atom stereocenters. The number of methoxy groups -OCH3 is 1. The Morgan fingerprint density at radius 2 is 1.88 bits per heavy atom. The van der Waals surface area contributed by atoms with Crippen molar-refractivity contribution < 1.29 is 19.2 Å². The number of rotatable bonds is 9. The highest BCUT2D eigenvalue weighted by Gasteiger charge is 2.16. The summed E-state index contributed by atoms with van der Waals surface area (Å²) in [7, 11) is 1.18. The van der Waals surface area contributed by atoms with E-state index in [1.165, 1.54) is 19.2 Å². The Morgan fingerprint density at radius 3 is 2.46 bits per heavy atom. The van der Waals surface area contributed by atoms with Crippen molar-refractivity contribution in [3.05, 3.63) is 33.9 Å². The summed E-state index contributed by atoms with van der Waals surface area (Å²) in [6, 6.07) is 3.66. The summed E-state index contributed by atoms with van der Waals surface area (Å²) >= 11 is 0. The maximum absolute atomic E-state index is 11.9. The van der Waals surface area contributed by atoms with Crippen molar-refractivity contribution in [1.29, 1.82) is 0 Å². The number of nitrogens with two attached hydrogens (primary N) is 1. The van der Waals surface area contributed by atoms with Crippen LogP contribution in [0.15, 0.2) is 18.2 Å². The lowest BCUT2D eigenvalue weighted by atomic mass is 10.1. The molecule has 0 bridgehead atoms. The van der Waals surface area contributed by atoms with E-state index in [0.717, 1.165) is 25.3 Å². The highest BCUT2D eigenvalue weighted by molar-refractivity contribution is 5.95. The molecule has 24 heavy (non-hydrogen) atoms. The summed E-state index contributed by atoms with van der Waals surface area (Å²) in [6.45, 7) is 0.635. The number of carbonyl (C=O) groups is 2. The number of anilines is 1. The highest BCUT2D eigenvalue weighted by Crippen LogP contribution is 2.22. The Kier molecular flexibility index (Phi) is 10.3. The fourth-order valence-electron chi connectivity index (χ4n) is 2.03. The van der Waals surface area contributed by atoms with E-state index in [1.54, 1.807) is 0 Å². The van der Waals surface area contributed by atoms with Crippen LogP contribution in [0.3, 0.4) is 0 Å². The summed E-state index contributed by atoms with van der Waals surface area (Å²) in [6.07, 6.45) is 3.81. The number of nitrogens with one attached hydrogen (secondary N) is 1. The number of nitro benzene ring substituents is 1. The standard InChI is InChI=1S/C15H21N3O5.ClH/c1-23-15(20)11-8-12(10-13(9-11)18(21)22)17-14(19)6-4-2-3-5-7-16;/h8-10H,2-7,16H2,1H3,(H,17,19);1H. The minimum atomic E-state index is -0.703. The van der Waals surface area contributed by atoms with E-state index >= 15 is 0 Å². The van der Waals surface area contributed by atoms with E-state index in [-0.39, 0.29) is 35.3 Å². The molecule has 0 fully saturated rings. The number of amides is 1. The van der Waals surface area contributed by atoms with Gasteiger partial charge in [0.1, 0.15) is 0 Å². The number of hydrogen-bond donors (Lipinski definition) is 2. The molecule has 0 spiro atoms. The maximum Gasteiger partial charge on any atom is 0.338 e. The molecule has 0 saturated carbocycles. The maximum atomic E-state index is 11.9.